The van der Waals surface area contributed by atoms with E-state index in [1.807, 2.05) is 32.0 Å². The summed E-state index contributed by atoms with van der Waals surface area (Å²) in [6.07, 6.45) is 0. The summed E-state index contributed by atoms with van der Waals surface area (Å²) < 4.78 is 18.3. The fourth-order valence-corrected chi connectivity index (χ4v) is 4.29. The van der Waals surface area contributed by atoms with Crippen molar-refractivity contribution in [1.29, 1.82) is 0 Å². The largest absolute Gasteiger partial charge is 0.465 e. The Bertz CT molecular complexity index is 1170. The minimum absolute atomic E-state index is 0.0859. The van der Waals surface area contributed by atoms with Crippen LogP contribution in [0, 0.1) is 26.6 Å². The van der Waals surface area contributed by atoms with Gasteiger partial charge in [-0.15, -0.1) is 11.3 Å². The second-order valence-electron chi connectivity index (χ2n) is 7.05. The average Bonchev–Trinajstić information content (AvgIpc) is 3.02. The van der Waals surface area contributed by atoms with Crippen molar-refractivity contribution in [2.45, 2.75) is 20.8 Å². The van der Waals surface area contributed by atoms with Crippen molar-refractivity contribution in [2.24, 2.45) is 0 Å². The van der Waals surface area contributed by atoms with Crippen LogP contribution in [-0.4, -0.2) is 24.9 Å². The van der Waals surface area contributed by atoms with E-state index in [-0.39, 0.29) is 21.0 Å². The number of amides is 2. The van der Waals surface area contributed by atoms with Crippen LogP contribution in [0.1, 0.15) is 47.1 Å². The predicted octanol–water partition coefficient (Wildman–Crippen LogP) is 5.10. The molecule has 0 aliphatic carbocycles. The van der Waals surface area contributed by atoms with E-state index >= 15 is 0 Å². The molecule has 2 N–H and O–H groups in total. The topological polar surface area (TPSA) is 84.5 Å². The van der Waals surface area contributed by atoms with Crippen LogP contribution >= 0.6 is 11.3 Å². The Balaban J connectivity index is 1.95. The van der Waals surface area contributed by atoms with Gasteiger partial charge >= 0.3 is 5.97 Å². The highest BCUT2D eigenvalue weighted by Gasteiger charge is 2.26. The summed E-state index contributed by atoms with van der Waals surface area (Å²) in [6.45, 7) is 5.46. The molecule has 0 atom stereocenters. The first kappa shape index (κ1) is 22.2. The maximum atomic E-state index is 13.5. The number of esters is 1. The number of rotatable bonds is 5. The molecule has 0 aliphatic rings. The molecule has 31 heavy (non-hydrogen) atoms. The highest BCUT2D eigenvalue weighted by molar-refractivity contribution is 7.19. The Kier molecular flexibility index (Phi) is 6.50. The number of ether oxygens (including phenoxy) is 1. The van der Waals surface area contributed by atoms with Crippen molar-refractivity contribution in [3.05, 3.63) is 81.0 Å². The van der Waals surface area contributed by atoms with Crippen LogP contribution in [0.2, 0.25) is 0 Å². The van der Waals surface area contributed by atoms with E-state index in [0.717, 1.165) is 28.5 Å². The SMILES string of the molecule is COC(=O)c1c(NC(=O)c2cccc(F)c2)sc(C(=O)Nc2cc(C)cc(C)c2)c1C. The van der Waals surface area contributed by atoms with Gasteiger partial charge in [-0.25, -0.2) is 9.18 Å². The fraction of sp³-hybridized carbons (Fsp3) is 0.174. The van der Waals surface area contributed by atoms with Crippen LogP contribution < -0.4 is 10.6 Å². The van der Waals surface area contributed by atoms with Crippen LogP contribution in [0.4, 0.5) is 15.1 Å². The molecule has 3 aromatic rings. The summed E-state index contributed by atoms with van der Waals surface area (Å²) >= 11 is 0.954. The zero-order chi connectivity index (χ0) is 22.7. The monoisotopic (exact) mass is 440 g/mol. The quantitative estimate of drug-likeness (QED) is 0.541. The van der Waals surface area contributed by atoms with Gasteiger partial charge in [-0.05, 0) is 67.8 Å². The highest BCUT2D eigenvalue weighted by Crippen LogP contribution is 2.34. The molecule has 2 amide bonds. The van der Waals surface area contributed by atoms with Gasteiger partial charge in [-0.2, -0.15) is 0 Å². The maximum absolute atomic E-state index is 13.5. The lowest BCUT2D eigenvalue weighted by molar-refractivity contribution is 0.0601. The first-order chi connectivity index (χ1) is 14.7. The molecule has 8 heteroatoms. The normalized spacial score (nSPS) is 10.5. The first-order valence-corrected chi connectivity index (χ1v) is 10.2. The number of halogens is 1. The zero-order valence-electron chi connectivity index (χ0n) is 17.5. The Hall–Kier alpha value is -3.52. The number of thiophene rings is 1. The third-order valence-corrected chi connectivity index (χ3v) is 5.74. The fourth-order valence-electron chi connectivity index (χ4n) is 3.21. The Labute approximate surface area is 183 Å². The molecule has 0 aliphatic heterocycles. The van der Waals surface area contributed by atoms with Crippen LogP contribution in [0.15, 0.2) is 42.5 Å². The van der Waals surface area contributed by atoms with Gasteiger partial charge in [-0.1, -0.05) is 12.1 Å². The lowest BCUT2D eigenvalue weighted by Gasteiger charge is -2.07. The van der Waals surface area contributed by atoms with E-state index < -0.39 is 23.6 Å². The smallest absolute Gasteiger partial charge is 0.341 e. The molecule has 160 valence electrons. The van der Waals surface area contributed by atoms with Crippen LogP contribution in [0.5, 0.6) is 0 Å². The van der Waals surface area contributed by atoms with E-state index in [1.54, 1.807) is 6.92 Å². The Morgan fingerprint density at radius 2 is 1.61 bits per heavy atom. The summed E-state index contributed by atoms with van der Waals surface area (Å²) in [5.74, 6) is -2.26. The number of methoxy groups -OCH3 is 1. The number of hydrogen-bond acceptors (Lipinski definition) is 5. The summed E-state index contributed by atoms with van der Waals surface area (Å²) in [4.78, 5) is 38.1. The van der Waals surface area contributed by atoms with Gasteiger partial charge in [0.2, 0.25) is 0 Å². The van der Waals surface area contributed by atoms with Gasteiger partial charge in [0.1, 0.15) is 10.8 Å². The number of hydrogen-bond donors (Lipinski definition) is 2. The number of carbonyl (C=O) groups excluding carboxylic acids is 3. The molecule has 0 unspecified atom stereocenters. The second kappa shape index (κ2) is 9.09. The van der Waals surface area contributed by atoms with Crippen molar-refractivity contribution in [3.63, 3.8) is 0 Å². The molecule has 0 fully saturated rings. The molecule has 0 saturated carbocycles. The standard InChI is InChI=1S/C23H21FN2O4S/c1-12-8-13(2)10-17(9-12)25-21(28)19-14(3)18(23(29)30-4)22(31-19)26-20(27)15-6-5-7-16(24)11-15/h5-11H,1-4H3,(H,25,28)(H,26,27). The van der Waals surface area contributed by atoms with Gasteiger partial charge in [0.15, 0.2) is 0 Å². The molecular formula is C23H21FN2O4S. The molecule has 2 aromatic carbocycles. The number of nitrogens with one attached hydrogen (secondary N) is 2. The Morgan fingerprint density at radius 1 is 0.935 bits per heavy atom. The molecule has 0 spiro atoms. The van der Waals surface area contributed by atoms with E-state index in [4.69, 9.17) is 4.74 Å². The van der Waals surface area contributed by atoms with E-state index in [9.17, 15) is 18.8 Å². The van der Waals surface area contributed by atoms with Crippen LogP contribution in [0.25, 0.3) is 0 Å². The lowest BCUT2D eigenvalue weighted by Crippen LogP contribution is -2.14. The molecular weight excluding hydrogens is 419 g/mol. The minimum Gasteiger partial charge on any atom is -0.465 e. The van der Waals surface area contributed by atoms with Gasteiger partial charge in [0.05, 0.1) is 17.6 Å². The summed E-state index contributed by atoms with van der Waals surface area (Å²) in [5.41, 5.74) is 3.17. The Morgan fingerprint density at radius 3 is 2.23 bits per heavy atom. The highest BCUT2D eigenvalue weighted by atomic mass is 32.1. The van der Waals surface area contributed by atoms with Crippen molar-refractivity contribution in [1.82, 2.24) is 0 Å². The lowest BCUT2D eigenvalue weighted by atomic mass is 10.1. The van der Waals surface area contributed by atoms with Gasteiger partial charge in [0, 0.05) is 11.3 Å². The number of benzene rings is 2. The predicted molar refractivity (Wildman–Crippen MR) is 119 cm³/mol. The third-order valence-electron chi connectivity index (χ3n) is 4.54. The van der Waals surface area contributed by atoms with E-state index in [1.165, 1.54) is 25.3 Å². The molecule has 1 heterocycles. The molecule has 0 radical (unpaired) electrons. The van der Waals surface area contributed by atoms with Crippen molar-refractivity contribution >= 4 is 39.8 Å². The van der Waals surface area contributed by atoms with E-state index in [0.29, 0.717) is 11.3 Å². The average molecular weight is 440 g/mol. The number of anilines is 2. The van der Waals surface area contributed by atoms with Crippen molar-refractivity contribution in [2.75, 3.05) is 17.7 Å². The van der Waals surface area contributed by atoms with Gasteiger partial charge in [-0.3, -0.25) is 9.59 Å². The molecule has 6 nitrogen and oxygen atoms in total. The molecule has 1 aromatic heterocycles. The number of aryl methyl sites for hydroxylation is 2. The zero-order valence-corrected chi connectivity index (χ0v) is 18.3. The second-order valence-corrected chi connectivity index (χ2v) is 8.07. The third kappa shape index (κ3) is 4.97. The molecule has 0 saturated heterocycles. The van der Waals surface area contributed by atoms with Crippen molar-refractivity contribution in [3.8, 4) is 0 Å². The van der Waals surface area contributed by atoms with Crippen molar-refractivity contribution < 1.29 is 23.5 Å². The van der Waals surface area contributed by atoms with Crippen LogP contribution in [-0.2, 0) is 4.74 Å². The first-order valence-electron chi connectivity index (χ1n) is 9.38. The minimum atomic E-state index is -0.686. The summed E-state index contributed by atoms with van der Waals surface area (Å²) in [5, 5.41) is 5.58. The summed E-state index contributed by atoms with van der Waals surface area (Å²) in [6, 6.07) is 10.8. The summed E-state index contributed by atoms with van der Waals surface area (Å²) in [7, 11) is 1.22. The maximum Gasteiger partial charge on any atom is 0.341 e. The van der Waals surface area contributed by atoms with Crippen LogP contribution in [0.3, 0.4) is 0 Å². The van der Waals surface area contributed by atoms with E-state index in [2.05, 4.69) is 10.6 Å². The number of carbonyl (C=O) groups is 3. The van der Waals surface area contributed by atoms with Gasteiger partial charge < -0.3 is 15.4 Å². The molecule has 0 bridgehead atoms. The molecule has 3 rings (SSSR count). The van der Waals surface area contributed by atoms with Gasteiger partial charge in [0.25, 0.3) is 11.8 Å².